The summed E-state index contributed by atoms with van der Waals surface area (Å²) < 4.78 is 6.01. The van der Waals surface area contributed by atoms with E-state index in [-0.39, 0.29) is 0 Å². The predicted octanol–water partition coefficient (Wildman–Crippen LogP) is 4.33. The fourth-order valence-electron chi connectivity index (χ4n) is 2.84. The van der Waals surface area contributed by atoms with Gasteiger partial charge >= 0.3 is 0 Å². The topological polar surface area (TPSA) is 36.5 Å². The Morgan fingerprint density at radius 3 is 2.68 bits per heavy atom. The summed E-state index contributed by atoms with van der Waals surface area (Å²) >= 11 is 0. The molecular weight excluding hydrogens is 274 g/mol. The molecule has 2 aromatic rings. The molecule has 0 bridgehead atoms. The predicted molar refractivity (Wildman–Crippen MR) is 93.3 cm³/mol. The molecule has 2 N–H and O–H groups in total. The zero-order chi connectivity index (χ0) is 15.5. The van der Waals surface area contributed by atoms with Gasteiger partial charge in [0.2, 0.25) is 0 Å². The second-order valence-corrected chi connectivity index (χ2v) is 6.26. The van der Waals surface area contributed by atoms with E-state index in [1.807, 2.05) is 0 Å². The van der Waals surface area contributed by atoms with Gasteiger partial charge in [0.1, 0.15) is 5.75 Å². The Bertz CT molecular complexity index is 654. The molecule has 0 radical (unpaired) electrons. The molecule has 4 nitrogen and oxygen atoms in total. The molecule has 4 heteroatoms. The Balaban J connectivity index is 2.02. The Kier molecular flexibility index (Phi) is 4.39. The lowest BCUT2D eigenvalue weighted by Gasteiger charge is -2.21. The number of rotatable bonds is 6. The van der Waals surface area contributed by atoms with Crippen LogP contribution in [0, 0.1) is 5.92 Å². The summed E-state index contributed by atoms with van der Waals surface area (Å²) in [5.74, 6) is 1.54. The molecule has 118 valence electrons. The van der Waals surface area contributed by atoms with Crippen LogP contribution in [0.1, 0.15) is 33.6 Å². The van der Waals surface area contributed by atoms with Gasteiger partial charge in [0.05, 0.1) is 18.0 Å². The molecule has 0 fully saturated rings. The first kappa shape index (κ1) is 15.0. The Morgan fingerprint density at radius 2 is 1.95 bits per heavy atom. The first-order chi connectivity index (χ1) is 10.7. The number of anilines is 2. The summed E-state index contributed by atoms with van der Waals surface area (Å²) in [6, 6.07) is 10.6. The number of nitrogens with one attached hydrogen (secondary N) is 2. The van der Waals surface area contributed by atoms with Gasteiger partial charge in [-0.3, -0.25) is 5.01 Å². The summed E-state index contributed by atoms with van der Waals surface area (Å²) in [6.45, 7) is 8.36. The zero-order valence-electron chi connectivity index (χ0n) is 13.6. The van der Waals surface area contributed by atoms with Crippen molar-refractivity contribution in [2.24, 2.45) is 5.92 Å². The monoisotopic (exact) mass is 299 g/mol. The summed E-state index contributed by atoms with van der Waals surface area (Å²) in [5, 5.41) is 4.60. The number of ether oxygens (including phenoxy) is 1. The lowest BCUT2D eigenvalue weighted by atomic mass is 10.1. The first-order valence-electron chi connectivity index (χ1n) is 8.18. The third-order valence-electron chi connectivity index (χ3n) is 3.88. The summed E-state index contributed by atoms with van der Waals surface area (Å²) in [7, 11) is 0. The van der Waals surface area contributed by atoms with Crippen LogP contribution >= 0.6 is 0 Å². The SMILES string of the molecule is CCCCOc1cc2c(c3ccccc13)N(CC(C)C)NN2. The number of fused-ring (bicyclic) bond motifs is 3. The van der Waals surface area contributed by atoms with Crippen molar-refractivity contribution >= 4 is 22.1 Å². The molecule has 0 amide bonds. The van der Waals surface area contributed by atoms with Crippen molar-refractivity contribution in [3.05, 3.63) is 30.3 Å². The number of hydrogen-bond acceptors (Lipinski definition) is 4. The van der Waals surface area contributed by atoms with E-state index in [9.17, 15) is 0 Å². The maximum atomic E-state index is 6.01. The molecule has 1 heterocycles. The molecule has 0 atom stereocenters. The second-order valence-electron chi connectivity index (χ2n) is 6.26. The van der Waals surface area contributed by atoms with Crippen molar-refractivity contribution in [1.82, 2.24) is 5.53 Å². The minimum atomic E-state index is 0.583. The molecule has 0 unspecified atom stereocenters. The van der Waals surface area contributed by atoms with Crippen LogP contribution in [0.5, 0.6) is 5.75 Å². The van der Waals surface area contributed by atoms with E-state index < -0.39 is 0 Å². The van der Waals surface area contributed by atoms with Crippen molar-refractivity contribution in [3.8, 4) is 5.75 Å². The second kappa shape index (κ2) is 6.44. The van der Waals surface area contributed by atoms with E-state index in [0.717, 1.165) is 37.4 Å². The number of unbranched alkanes of at least 4 members (excludes halogenated alkanes) is 1. The molecule has 0 spiro atoms. The lowest BCUT2D eigenvalue weighted by molar-refractivity contribution is 0.313. The third kappa shape index (κ3) is 2.83. The molecule has 1 aliphatic rings. The van der Waals surface area contributed by atoms with E-state index in [1.165, 1.54) is 16.5 Å². The average Bonchev–Trinajstić information content (AvgIpc) is 2.90. The summed E-state index contributed by atoms with van der Waals surface area (Å²) in [4.78, 5) is 0. The summed E-state index contributed by atoms with van der Waals surface area (Å²) in [5.41, 5.74) is 8.85. The lowest BCUT2D eigenvalue weighted by Crippen LogP contribution is -2.38. The molecular formula is C18H25N3O. The van der Waals surface area contributed by atoms with Gasteiger partial charge in [-0.2, -0.15) is 0 Å². The Hall–Kier alpha value is -1.94. The fraction of sp³-hybridized carbons (Fsp3) is 0.444. The number of nitrogens with zero attached hydrogens (tertiary/aromatic N) is 1. The van der Waals surface area contributed by atoms with Crippen molar-refractivity contribution in [2.45, 2.75) is 33.6 Å². The average molecular weight is 299 g/mol. The highest BCUT2D eigenvalue weighted by Gasteiger charge is 2.23. The van der Waals surface area contributed by atoms with E-state index in [0.29, 0.717) is 5.92 Å². The van der Waals surface area contributed by atoms with Crippen LogP contribution in [0.3, 0.4) is 0 Å². The fourth-order valence-corrected chi connectivity index (χ4v) is 2.84. The standard InChI is InChI=1S/C18H25N3O/c1-4-5-10-22-17-11-16-18(15-9-7-6-8-14(15)17)21(20-19-16)12-13(2)3/h6-9,11,13,19-20H,4-5,10,12H2,1-3H3. The molecule has 1 aliphatic heterocycles. The van der Waals surface area contributed by atoms with E-state index in [4.69, 9.17) is 4.74 Å². The van der Waals surface area contributed by atoms with E-state index in [2.05, 4.69) is 67.1 Å². The Morgan fingerprint density at radius 1 is 1.18 bits per heavy atom. The van der Waals surface area contributed by atoms with Gasteiger partial charge in [-0.05, 0) is 12.3 Å². The number of hydrogen-bond donors (Lipinski definition) is 2. The maximum absolute atomic E-state index is 6.01. The molecule has 22 heavy (non-hydrogen) atoms. The van der Waals surface area contributed by atoms with Gasteiger partial charge in [0, 0.05) is 23.4 Å². The molecule has 2 aromatic carbocycles. The molecule has 0 aromatic heterocycles. The molecule has 0 saturated heterocycles. The third-order valence-corrected chi connectivity index (χ3v) is 3.88. The summed E-state index contributed by atoms with van der Waals surface area (Å²) in [6.07, 6.45) is 2.22. The van der Waals surface area contributed by atoms with Gasteiger partial charge in [0.15, 0.2) is 0 Å². The van der Waals surface area contributed by atoms with Crippen LogP contribution < -0.4 is 20.7 Å². The van der Waals surface area contributed by atoms with Crippen LogP contribution in [0.15, 0.2) is 30.3 Å². The smallest absolute Gasteiger partial charge is 0.129 e. The molecule has 0 aliphatic carbocycles. The van der Waals surface area contributed by atoms with Gasteiger partial charge < -0.3 is 10.2 Å². The minimum absolute atomic E-state index is 0.583. The minimum Gasteiger partial charge on any atom is -0.493 e. The van der Waals surface area contributed by atoms with Crippen LogP contribution in [0.2, 0.25) is 0 Å². The van der Waals surface area contributed by atoms with E-state index in [1.54, 1.807) is 0 Å². The molecule has 0 saturated carbocycles. The van der Waals surface area contributed by atoms with Crippen molar-refractivity contribution < 1.29 is 4.74 Å². The van der Waals surface area contributed by atoms with Gasteiger partial charge in [-0.1, -0.05) is 51.5 Å². The van der Waals surface area contributed by atoms with Crippen LogP contribution in [-0.4, -0.2) is 13.2 Å². The Labute approximate surface area is 132 Å². The zero-order valence-corrected chi connectivity index (χ0v) is 13.6. The first-order valence-corrected chi connectivity index (χ1v) is 8.18. The van der Waals surface area contributed by atoms with E-state index >= 15 is 0 Å². The van der Waals surface area contributed by atoms with Crippen LogP contribution in [0.25, 0.3) is 10.8 Å². The highest BCUT2D eigenvalue weighted by molar-refractivity contribution is 6.05. The number of hydrazine groups is 2. The van der Waals surface area contributed by atoms with Gasteiger partial charge in [0.25, 0.3) is 0 Å². The van der Waals surface area contributed by atoms with Crippen LogP contribution in [-0.2, 0) is 0 Å². The largest absolute Gasteiger partial charge is 0.493 e. The molecule has 3 rings (SSSR count). The highest BCUT2D eigenvalue weighted by atomic mass is 16.5. The van der Waals surface area contributed by atoms with Gasteiger partial charge in [-0.25, -0.2) is 0 Å². The quantitative estimate of drug-likeness (QED) is 0.779. The highest BCUT2D eigenvalue weighted by Crippen LogP contribution is 2.42. The van der Waals surface area contributed by atoms with Crippen LogP contribution in [0.4, 0.5) is 11.4 Å². The number of benzene rings is 2. The van der Waals surface area contributed by atoms with Crippen molar-refractivity contribution in [2.75, 3.05) is 23.6 Å². The van der Waals surface area contributed by atoms with Crippen molar-refractivity contribution in [1.29, 1.82) is 0 Å². The normalized spacial score (nSPS) is 13.5. The van der Waals surface area contributed by atoms with Gasteiger partial charge in [-0.15, -0.1) is 5.53 Å². The van der Waals surface area contributed by atoms with Crippen molar-refractivity contribution in [3.63, 3.8) is 0 Å². The maximum Gasteiger partial charge on any atom is 0.129 e.